The van der Waals surface area contributed by atoms with Gasteiger partial charge in [-0.1, -0.05) is 0 Å². The summed E-state index contributed by atoms with van der Waals surface area (Å²) in [5.41, 5.74) is 0. The molecule has 0 radical (unpaired) electrons. The van der Waals surface area contributed by atoms with Crippen LogP contribution < -0.4 is 5.32 Å². The van der Waals surface area contributed by atoms with Gasteiger partial charge in [0.2, 0.25) is 5.91 Å². The second-order valence-corrected chi connectivity index (χ2v) is 8.35. The van der Waals surface area contributed by atoms with Crippen molar-refractivity contribution >= 4 is 11.9 Å². The minimum Gasteiger partial charge on any atom is -0.480 e. The van der Waals surface area contributed by atoms with Crippen LogP contribution in [0.3, 0.4) is 0 Å². The van der Waals surface area contributed by atoms with Crippen LogP contribution in [0.4, 0.5) is 0 Å². The lowest BCUT2D eigenvalue weighted by molar-refractivity contribution is -0.143. The number of methoxy groups -OCH3 is 1. The van der Waals surface area contributed by atoms with E-state index in [2.05, 4.69) is 10.1 Å². The zero-order chi connectivity index (χ0) is 31.3. The Kier molecular flexibility index (Phi) is 35.3. The maximum absolute atomic E-state index is 11.3. The zero-order valence-electron chi connectivity index (χ0n) is 25.6. The summed E-state index contributed by atoms with van der Waals surface area (Å²) >= 11 is 0. The SMILES string of the molecule is COCCOCCOCCOCCOCCOCCOCCOCCOCCOCCOCCNC(=O)COCC(=O)O. The molecule has 16 nitrogen and oxygen atoms in total. The highest BCUT2D eigenvalue weighted by Crippen LogP contribution is 1.87. The van der Waals surface area contributed by atoms with Crippen molar-refractivity contribution in [3.63, 3.8) is 0 Å². The van der Waals surface area contributed by atoms with Crippen LogP contribution in [0, 0.1) is 0 Å². The molecule has 0 bridgehead atoms. The van der Waals surface area contributed by atoms with Gasteiger partial charge in [0, 0.05) is 13.7 Å². The molecule has 0 rings (SSSR count). The van der Waals surface area contributed by atoms with E-state index in [-0.39, 0.29) is 6.61 Å². The standard InChI is InChI=1S/C27H53NO15/c1-32-4-5-34-8-9-36-12-13-38-16-17-40-20-21-42-23-22-41-19-18-39-15-14-37-11-10-35-7-6-33-3-2-28-26(29)24-43-25-27(30)31/h2-25H2,1H3,(H,28,29)(H,30,31). The second kappa shape index (κ2) is 36.7. The van der Waals surface area contributed by atoms with Crippen molar-refractivity contribution in [2.75, 3.05) is 166 Å². The normalized spacial score (nSPS) is 11.3. The molecule has 0 unspecified atom stereocenters. The molecule has 16 heteroatoms. The Morgan fingerprint density at radius 3 is 0.977 bits per heavy atom. The molecule has 0 aromatic heterocycles. The van der Waals surface area contributed by atoms with E-state index in [0.29, 0.717) is 145 Å². The molecule has 0 aliphatic carbocycles. The van der Waals surface area contributed by atoms with Crippen LogP contribution in [0.2, 0.25) is 0 Å². The van der Waals surface area contributed by atoms with Crippen molar-refractivity contribution in [2.45, 2.75) is 0 Å². The number of aliphatic carboxylic acids is 1. The van der Waals surface area contributed by atoms with Crippen LogP contribution in [-0.2, 0) is 66.4 Å². The van der Waals surface area contributed by atoms with E-state index in [1.165, 1.54) is 0 Å². The molecule has 0 saturated carbocycles. The number of hydrogen-bond acceptors (Lipinski definition) is 14. The van der Waals surface area contributed by atoms with Gasteiger partial charge in [-0.3, -0.25) is 4.79 Å². The molecule has 0 spiro atoms. The summed E-state index contributed by atoms with van der Waals surface area (Å²) in [5, 5.41) is 11.0. The molecule has 0 atom stereocenters. The smallest absolute Gasteiger partial charge is 0.329 e. The average Bonchev–Trinajstić information content (AvgIpc) is 2.99. The molecular weight excluding hydrogens is 578 g/mol. The summed E-state index contributed by atoms with van der Waals surface area (Å²) < 4.78 is 63.5. The molecule has 0 aromatic carbocycles. The van der Waals surface area contributed by atoms with E-state index < -0.39 is 18.5 Å². The van der Waals surface area contributed by atoms with Gasteiger partial charge in [-0.05, 0) is 0 Å². The summed E-state index contributed by atoms with van der Waals surface area (Å²) in [6.45, 7) is 9.63. The molecule has 2 N–H and O–H groups in total. The van der Waals surface area contributed by atoms with Crippen molar-refractivity contribution in [1.29, 1.82) is 0 Å². The largest absolute Gasteiger partial charge is 0.480 e. The highest BCUT2D eigenvalue weighted by molar-refractivity contribution is 5.77. The van der Waals surface area contributed by atoms with Crippen LogP contribution in [0.1, 0.15) is 0 Å². The van der Waals surface area contributed by atoms with Crippen molar-refractivity contribution in [3.05, 3.63) is 0 Å². The number of nitrogens with one attached hydrogen (secondary N) is 1. The zero-order valence-corrected chi connectivity index (χ0v) is 25.6. The first-order valence-electron chi connectivity index (χ1n) is 14.5. The van der Waals surface area contributed by atoms with Crippen LogP contribution in [0.5, 0.6) is 0 Å². The average molecular weight is 632 g/mol. The Morgan fingerprint density at radius 2 is 0.698 bits per heavy atom. The van der Waals surface area contributed by atoms with Crippen LogP contribution >= 0.6 is 0 Å². The van der Waals surface area contributed by atoms with Crippen LogP contribution in [0.25, 0.3) is 0 Å². The fraction of sp³-hybridized carbons (Fsp3) is 0.926. The highest BCUT2D eigenvalue weighted by Gasteiger charge is 2.03. The van der Waals surface area contributed by atoms with Crippen LogP contribution in [-0.4, -0.2) is 183 Å². The van der Waals surface area contributed by atoms with E-state index in [4.69, 9.17) is 57.2 Å². The van der Waals surface area contributed by atoms with Gasteiger partial charge in [-0.25, -0.2) is 4.79 Å². The van der Waals surface area contributed by atoms with Gasteiger partial charge in [-0.2, -0.15) is 0 Å². The van der Waals surface area contributed by atoms with Gasteiger partial charge < -0.3 is 67.3 Å². The maximum atomic E-state index is 11.3. The monoisotopic (exact) mass is 631 g/mol. The Bertz CT molecular complexity index is 589. The summed E-state index contributed by atoms with van der Waals surface area (Å²) in [6, 6.07) is 0. The molecule has 0 aliphatic heterocycles. The predicted molar refractivity (Wildman–Crippen MR) is 152 cm³/mol. The van der Waals surface area contributed by atoms with E-state index in [0.717, 1.165) is 0 Å². The minimum atomic E-state index is -1.12. The predicted octanol–water partition coefficient (Wildman–Crippen LogP) is -0.984. The van der Waals surface area contributed by atoms with Crippen molar-refractivity contribution in [1.82, 2.24) is 5.32 Å². The van der Waals surface area contributed by atoms with Gasteiger partial charge in [0.1, 0.15) is 13.2 Å². The lowest BCUT2D eigenvalue weighted by atomic mass is 10.6. The molecule has 43 heavy (non-hydrogen) atoms. The van der Waals surface area contributed by atoms with Crippen molar-refractivity contribution < 1.29 is 71.5 Å². The molecule has 0 aliphatic rings. The number of carbonyl (C=O) groups is 2. The Balaban J connectivity index is 3.08. The Morgan fingerprint density at radius 1 is 0.419 bits per heavy atom. The number of carboxylic acid groups (broad SMARTS) is 1. The summed E-state index contributed by atoms with van der Waals surface area (Å²) in [7, 11) is 1.64. The van der Waals surface area contributed by atoms with Crippen molar-refractivity contribution in [3.8, 4) is 0 Å². The number of hydrogen-bond donors (Lipinski definition) is 2. The first kappa shape index (κ1) is 41.5. The highest BCUT2D eigenvalue weighted by atomic mass is 16.6. The topological polar surface area (TPSA) is 177 Å². The summed E-state index contributed by atoms with van der Waals surface area (Å²) in [6.07, 6.45) is 0. The minimum absolute atomic E-state index is 0.300. The van der Waals surface area contributed by atoms with Gasteiger partial charge in [0.15, 0.2) is 0 Å². The lowest BCUT2D eigenvalue weighted by Crippen LogP contribution is -2.31. The molecule has 0 aromatic rings. The third kappa shape index (κ3) is 38.4. The molecule has 0 heterocycles. The van der Waals surface area contributed by atoms with Crippen LogP contribution in [0.15, 0.2) is 0 Å². The first-order valence-corrected chi connectivity index (χ1v) is 14.5. The number of carboxylic acids is 1. The molecule has 1 amide bonds. The van der Waals surface area contributed by atoms with Gasteiger partial charge in [-0.15, -0.1) is 0 Å². The molecular formula is C27H53NO15. The number of carbonyl (C=O) groups excluding carboxylic acids is 1. The quantitative estimate of drug-likeness (QED) is 0.0799. The lowest BCUT2D eigenvalue weighted by Gasteiger charge is -2.09. The Hall–Kier alpha value is -1.54. The molecule has 0 saturated heterocycles. The third-order valence-corrected chi connectivity index (χ3v) is 4.81. The van der Waals surface area contributed by atoms with E-state index in [1.807, 2.05) is 0 Å². The maximum Gasteiger partial charge on any atom is 0.329 e. The van der Waals surface area contributed by atoms with Gasteiger partial charge >= 0.3 is 5.97 Å². The van der Waals surface area contributed by atoms with E-state index in [9.17, 15) is 9.59 Å². The summed E-state index contributed by atoms with van der Waals surface area (Å²) in [5.74, 6) is -1.52. The molecule has 0 fully saturated rings. The van der Waals surface area contributed by atoms with Gasteiger partial charge in [0.05, 0.1) is 139 Å². The fourth-order valence-electron chi connectivity index (χ4n) is 2.77. The van der Waals surface area contributed by atoms with Gasteiger partial charge in [0.25, 0.3) is 0 Å². The number of amides is 1. The summed E-state index contributed by atoms with van der Waals surface area (Å²) in [4.78, 5) is 21.6. The third-order valence-electron chi connectivity index (χ3n) is 4.81. The first-order chi connectivity index (χ1) is 21.2. The Labute approximate surface area is 254 Å². The number of rotatable bonds is 37. The fourth-order valence-corrected chi connectivity index (χ4v) is 2.77. The van der Waals surface area contributed by atoms with E-state index >= 15 is 0 Å². The molecule has 256 valence electrons. The number of ether oxygens (including phenoxy) is 12. The van der Waals surface area contributed by atoms with Crippen molar-refractivity contribution in [2.24, 2.45) is 0 Å². The van der Waals surface area contributed by atoms with E-state index in [1.54, 1.807) is 7.11 Å². The second-order valence-electron chi connectivity index (χ2n) is 8.35.